The second-order valence-corrected chi connectivity index (χ2v) is 3.63. The Morgan fingerprint density at radius 2 is 2.29 bits per heavy atom. The monoisotopic (exact) mass is 186 g/mol. The van der Waals surface area contributed by atoms with E-state index in [-0.39, 0.29) is 5.92 Å². The smallest absolute Gasteiger partial charge is 0.123 e. The van der Waals surface area contributed by atoms with Crippen molar-refractivity contribution in [3.63, 3.8) is 0 Å². The first-order valence-electron chi connectivity index (χ1n) is 4.59. The molecular weight excluding hydrogens is 176 g/mol. The van der Waals surface area contributed by atoms with E-state index in [1.165, 1.54) is 0 Å². The van der Waals surface area contributed by atoms with Crippen LogP contribution in [0.2, 0.25) is 0 Å². The van der Waals surface area contributed by atoms with Gasteiger partial charge in [0.15, 0.2) is 0 Å². The average Bonchev–Trinajstić information content (AvgIpc) is 2.63. The molecule has 0 saturated heterocycles. The molecule has 70 valence electrons. The third-order valence-corrected chi connectivity index (χ3v) is 2.76. The largest absolute Gasteiger partial charge is 0.303 e. The minimum atomic E-state index is 0.0417. The van der Waals surface area contributed by atoms with Gasteiger partial charge in [-0.3, -0.25) is 4.98 Å². The summed E-state index contributed by atoms with van der Waals surface area (Å²) in [4.78, 5) is 14.8. The van der Waals surface area contributed by atoms with E-state index >= 15 is 0 Å². The van der Waals surface area contributed by atoms with Gasteiger partial charge in [-0.1, -0.05) is 0 Å². The molecule has 3 nitrogen and oxygen atoms in total. The Labute approximate surface area is 82.4 Å². The molecule has 3 heteroatoms. The molecule has 1 atom stereocenters. The number of carbonyl (C=O) groups is 1. The molecule has 0 amide bonds. The molecule has 2 rings (SSSR count). The molecule has 0 saturated carbocycles. The fourth-order valence-electron chi connectivity index (χ4n) is 1.99. The van der Waals surface area contributed by atoms with E-state index < -0.39 is 0 Å². The molecule has 14 heavy (non-hydrogen) atoms. The molecule has 0 bridgehead atoms. The van der Waals surface area contributed by atoms with Crippen molar-refractivity contribution in [3.8, 4) is 6.07 Å². The van der Waals surface area contributed by atoms with E-state index in [2.05, 4.69) is 11.1 Å². The van der Waals surface area contributed by atoms with Crippen molar-refractivity contribution in [2.24, 2.45) is 5.92 Å². The lowest BCUT2D eigenvalue weighted by Gasteiger charge is -2.03. The standard InChI is InChI=1S/C11H10N2O/c1-7-10-2-8(6-14)3-11(10)9(4-12)5-13-7/h5-6,8H,2-3H2,1H3. The fraction of sp³-hybridized carbons (Fsp3) is 0.364. The number of nitrogens with zero attached hydrogens (tertiary/aromatic N) is 2. The predicted molar refractivity (Wildman–Crippen MR) is 50.7 cm³/mol. The molecule has 0 N–H and O–H groups in total. The Kier molecular flexibility index (Phi) is 2.05. The number of nitriles is 1. The van der Waals surface area contributed by atoms with Crippen LogP contribution in [0.15, 0.2) is 6.20 Å². The Balaban J connectivity index is 2.54. The SMILES string of the molecule is Cc1ncc(C#N)c2c1CC(C=O)C2. The van der Waals surface area contributed by atoms with Gasteiger partial charge in [0.05, 0.1) is 5.56 Å². The molecule has 1 aromatic heterocycles. The lowest BCUT2D eigenvalue weighted by Crippen LogP contribution is -1.99. The number of fused-ring (bicyclic) bond motifs is 1. The topological polar surface area (TPSA) is 53.8 Å². The molecule has 0 spiro atoms. The molecule has 0 fully saturated rings. The summed E-state index contributed by atoms with van der Waals surface area (Å²) in [6.07, 6.45) is 4.01. The van der Waals surface area contributed by atoms with Gasteiger partial charge in [0.1, 0.15) is 12.4 Å². The van der Waals surface area contributed by atoms with Gasteiger partial charge in [-0.05, 0) is 30.9 Å². The third kappa shape index (κ3) is 1.20. The van der Waals surface area contributed by atoms with E-state index in [9.17, 15) is 4.79 Å². The van der Waals surface area contributed by atoms with E-state index in [1.54, 1.807) is 6.20 Å². The summed E-state index contributed by atoms with van der Waals surface area (Å²) in [6, 6.07) is 2.12. The molecule has 1 aliphatic carbocycles. The number of hydrogen-bond donors (Lipinski definition) is 0. The second-order valence-electron chi connectivity index (χ2n) is 3.63. The zero-order valence-electron chi connectivity index (χ0n) is 7.95. The second kappa shape index (κ2) is 3.22. The summed E-state index contributed by atoms with van der Waals surface area (Å²) in [5.74, 6) is 0.0417. The van der Waals surface area contributed by atoms with Gasteiger partial charge in [-0.25, -0.2) is 0 Å². The van der Waals surface area contributed by atoms with Crippen LogP contribution < -0.4 is 0 Å². The van der Waals surface area contributed by atoms with Gasteiger partial charge >= 0.3 is 0 Å². The van der Waals surface area contributed by atoms with Gasteiger partial charge in [0.25, 0.3) is 0 Å². The van der Waals surface area contributed by atoms with Gasteiger partial charge in [-0.15, -0.1) is 0 Å². The highest BCUT2D eigenvalue weighted by molar-refractivity contribution is 5.60. The van der Waals surface area contributed by atoms with Gasteiger partial charge in [0, 0.05) is 17.8 Å². The van der Waals surface area contributed by atoms with Crippen LogP contribution in [0, 0.1) is 24.2 Å². The van der Waals surface area contributed by atoms with Crippen molar-refractivity contribution >= 4 is 6.29 Å². The Bertz CT molecular complexity index is 432. The van der Waals surface area contributed by atoms with E-state index in [0.717, 1.165) is 29.5 Å². The zero-order valence-corrected chi connectivity index (χ0v) is 7.95. The molecule has 0 radical (unpaired) electrons. The number of pyridine rings is 1. The maximum absolute atomic E-state index is 10.7. The average molecular weight is 186 g/mol. The van der Waals surface area contributed by atoms with Gasteiger partial charge in [-0.2, -0.15) is 5.26 Å². The van der Waals surface area contributed by atoms with Crippen LogP contribution in [-0.2, 0) is 17.6 Å². The van der Waals surface area contributed by atoms with Crippen molar-refractivity contribution in [1.29, 1.82) is 5.26 Å². The lowest BCUT2D eigenvalue weighted by atomic mass is 10.1. The zero-order chi connectivity index (χ0) is 10.1. The Hall–Kier alpha value is -1.69. The molecule has 1 heterocycles. The summed E-state index contributed by atoms with van der Waals surface area (Å²) in [5, 5.41) is 8.87. The van der Waals surface area contributed by atoms with Crippen molar-refractivity contribution in [2.75, 3.05) is 0 Å². The highest BCUT2D eigenvalue weighted by Gasteiger charge is 2.25. The maximum atomic E-state index is 10.7. The molecule has 1 aromatic rings. The van der Waals surface area contributed by atoms with E-state index in [4.69, 9.17) is 5.26 Å². The lowest BCUT2D eigenvalue weighted by molar-refractivity contribution is -0.110. The highest BCUT2D eigenvalue weighted by atomic mass is 16.1. The van der Waals surface area contributed by atoms with Crippen molar-refractivity contribution in [2.45, 2.75) is 19.8 Å². The fourth-order valence-corrected chi connectivity index (χ4v) is 1.99. The molecule has 1 aliphatic rings. The highest BCUT2D eigenvalue weighted by Crippen LogP contribution is 2.29. The van der Waals surface area contributed by atoms with Crippen LogP contribution in [0.25, 0.3) is 0 Å². The predicted octanol–water partition coefficient (Wildman–Crippen LogP) is 1.18. The molecular formula is C11H10N2O. The third-order valence-electron chi connectivity index (χ3n) is 2.76. The van der Waals surface area contributed by atoms with Gasteiger partial charge in [0.2, 0.25) is 0 Å². The normalized spacial score (nSPS) is 18.7. The van der Waals surface area contributed by atoms with Gasteiger partial charge < -0.3 is 4.79 Å². The number of carbonyl (C=O) groups excluding carboxylic acids is 1. The number of aryl methyl sites for hydroxylation is 1. The quantitative estimate of drug-likeness (QED) is 0.619. The molecule has 0 aliphatic heterocycles. The summed E-state index contributed by atoms with van der Waals surface area (Å²) < 4.78 is 0. The summed E-state index contributed by atoms with van der Waals surface area (Å²) >= 11 is 0. The number of aldehydes is 1. The number of aromatic nitrogens is 1. The minimum absolute atomic E-state index is 0.0417. The van der Waals surface area contributed by atoms with Crippen LogP contribution in [-0.4, -0.2) is 11.3 Å². The molecule has 0 aromatic carbocycles. The maximum Gasteiger partial charge on any atom is 0.123 e. The first-order chi connectivity index (χ1) is 6.76. The Morgan fingerprint density at radius 1 is 1.57 bits per heavy atom. The van der Waals surface area contributed by atoms with Crippen LogP contribution in [0.1, 0.15) is 22.4 Å². The van der Waals surface area contributed by atoms with E-state index in [1.807, 2.05) is 6.92 Å². The minimum Gasteiger partial charge on any atom is -0.303 e. The molecule has 1 unspecified atom stereocenters. The summed E-state index contributed by atoms with van der Waals surface area (Å²) in [6.45, 7) is 1.92. The van der Waals surface area contributed by atoms with Crippen molar-refractivity contribution in [3.05, 3.63) is 28.6 Å². The van der Waals surface area contributed by atoms with Crippen LogP contribution in [0.5, 0.6) is 0 Å². The number of hydrogen-bond acceptors (Lipinski definition) is 3. The number of rotatable bonds is 1. The first kappa shape index (κ1) is 8.89. The first-order valence-corrected chi connectivity index (χ1v) is 4.59. The summed E-state index contributed by atoms with van der Waals surface area (Å²) in [5.41, 5.74) is 3.69. The van der Waals surface area contributed by atoms with Crippen LogP contribution in [0.4, 0.5) is 0 Å². The van der Waals surface area contributed by atoms with Crippen LogP contribution in [0.3, 0.4) is 0 Å². The van der Waals surface area contributed by atoms with Crippen molar-refractivity contribution in [1.82, 2.24) is 4.98 Å². The van der Waals surface area contributed by atoms with Crippen LogP contribution >= 0.6 is 0 Å². The van der Waals surface area contributed by atoms with E-state index in [0.29, 0.717) is 12.0 Å². The van der Waals surface area contributed by atoms with Crippen molar-refractivity contribution < 1.29 is 4.79 Å². The summed E-state index contributed by atoms with van der Waals surface area (Å²) in [7, 11) is 0. The Morgan fingerprint density at radius 3 is 2.93 bits per heavy atom.